The molecule has 27 heavy (non-hydrogen) atoms. The van der Waals surface area contributed by atoms with Crippen molar-refractivity contribution in [1.82, 2.24) is 0 Å². The molecule has 0 saturated carbocycles. The van der Waals surface area contributed by atoms with Crippen LogP contribution in [0.2, 0.25) is 0 Å². The van der Waals surface area contributed by atoms with Crippen LogP contribution in [0.5, 0.6) is 5.75 Å². The zero-order valence-electron chi connectivity index (χ0n) is 14.8. The lowest BCUT2D eigenvalue weighted by Gasteiger charge is -2.34. The molecule has 1 aliphatic rings. The van der Waals surface area contributed by atoms with Crippen LogP contribution in [0.3, 0.4) is 0 Å². The second-order valence-corrected chi connectivity index (χ2v) is 6.43. The lowest BCUT2D eigenvalue weighted by molar-refractivity contribution is -0.274. The summed E-state index contributed by atoms with van der Waals surface area (Å²) in [6.07, 6.45) is -3.98. The van der Waals surface area contributed by atoms with Crippen LogP contribution < -0.4 is 9.64 Å². The van der Waals surface area contributed by atoms with E-state index in [0.29, 0.717) is 5.56 Å². The largest absolute Gasteiger partial charge is 0.573 e. The molecule has 2 aromatic carbocycles. The van der Waals surface area contributed by atoms with Gasteiger partial charge in [-0.25, -0.2) is 0 Å². The zero-order valence-corrected chi connectivity index (χ0v) is 14.8. The summed E-state index contributed by atoms with van der Waals surface area (Å²) < 4.78 is 41.2. The third-order valence-electron chi connectivity index (χ3n) is 4.51. The number of alkyl halides is 3. The van der Waals surface area contributed by atoms with E-state index in [4.69, 9.17) is 0 Å². The van der Waals surface area contributed by atoms with Crippen molar-refractivity contribution in [1.29, 1.82) is 0 Å². The van der Waals surface area contributed by atoms with E-state index in [0.717, 1.165) is 24.1 Å². The summed E-state index contributed by atoms with van der Waals surface area (Å²) >= 11 is 0. The van der Waals surface area contributed by atoms with Crippen LogP contribution in [0, 0.1) is 0 Å². The SMILES string of the molecule is CCc1ccc(C(=O)N2c3ccc(OC(F)(F)F)cc3C(=O)CC2C)cc1. The number of ether oxygens (including phenoxy) is 1. The number of fused-ring (bicyclic) bond motifs is 1. The maximum atomic E-state index is 13.0. The Morgan fingerprint density at radius 3 is 2.44 bits per heavy atom. The molecule has 4 nitrogen and oxygen atoms in total. The van der Waals surface area contributed by atoms with Crippen LogP contribution >= 0.6 is 0 Å². The average Bonchev–Trinajstić information content (AvgIpc) is 2.61. The van der Waals surface area contributed by atoms with Gasteiger partial charge >= 0.3 is 6.36 Å². The summed E-state index contributed by atoms with van der Waals surface area (Å²) in [7, 11) is 0. The average molecular weight is 377 g/mol. The fourth-order valence-electron chi connectivity index (χ4n) is 3.18. The third kappa shape index (κ3) is 3.97. The van der Waals surface area contributed by atoms with Crippen LogP contribution in [0.1, 0.15) is 46.5 Å². The van der Waals surface area contributed by atoms with Gasteiger partial charge in [0.05, 0.1) is 5.69 Å². The molecule has 0 N–H and O–H groups in total. The molecule has 7 heteroatoms. The van der Waals surface area contributed by atoms with Crippen molar-refractivity contribution in [2.24, 2.45) is 0 Å². The van der Waals surface area contributed by atoms with Gasteiger partial charge in [-0.3, -0.25) is 9.59 Å². The van der Waals surface area contributed by atoms with E-state index in [9.17, 15) is 22.8 Å². The van der Waals surface area contributed by atoms with Gasteiger partial charge in [-0.05, 0) is 49.2 Å². The predicted octanol–water partition coefficient (Wildman–Crippen LogP) is 4.77. The third-order valence-corrected chi connectivity index (χ3v) is 4.51. The fourth-order valence-corrected chi connectivity index (χ4v) is 3.18. The Hall–Kier alpha value is -2.83. The number of hydrogen-bond donors (Lipinski definition) is 0. The summed E-state index contributed by atoms with van der Waals surface area (Å²) in [4.78, 5) is 26.8. The molecular formula is C20H18F3NO3. The molecule has 142 valence electrons. The maximum absolute atomic E-state index is 13.0. The number of carbonyl (C=O) groups is 2. The van der Waals surface area contributed by atoms with Gasteiger partial charge in [0.25, 0.3) is 5.91 Å². The Kier molecular flexibility index (Phi) is 4.95. The second kappa shape index (κ2) is 7.06. The Balaban J connectivity index is 1.98. The highest BCUT2D eigenvalue weighted by atomic mass is 19.4. The molecule has 1 aliphatic heterocycles. The molecule has 1 heterocycles. The van der Waals surface area contributed by atoms with Crippen molar-refractivity contribution in [3.63, 3.8) is 0 Å². The van der Waals surface area contributed by atoms with Crippen molar-refractivity contribution in [3.05, 3.63) is 59.2 Å². The van der Waals surface area contributed by atoms with Crippen LogP contribution in [-0.4, -0.2) is 24.1 Å². The maximum Gasteiger partial charge on any atom is 0.573 e. The topological polar surface area (TPSA) is 46.6 Å². The van der Waals surface area contributed by atoms with Crippen molar-refractivity contribution in [3.8, 4) is 5.75 Å². The second-order valence-electron chi connectivity index (χ2n) is 6.43. The quantitative estimate of drug-likeness (QED) is 0.774. The monoisotopic (exact) mass is 377 g/mol. The minimum atomic E-state index is -4.85. The normalized spacial score (nSPS) is 16.9. The summed E-state index contributed by atoms with van der Waals surface area (Å²) in [6, 6.07) is 10.2. The summed E-state index contributed by atoms with van der Waals surface area (Å²) in [5.74, 6) is -1.11. The van der Waals surface area contributed by atoms with Gasteiger partial charge in [0.1, 0.15) is 5.75 Å². The van der Waals surface area contributed by atoms with Crippen LogP contribution in [0.15, 0.2) is 42.5 Å². The number of rotatable bonds is 3. The van der Waals surface area contributed by atoms with Crippen LogP contribution in [0.4, 0.5) is 18.9 Å². The van der Waals surface area contributed by atoms with Crippen molar-refractivity contribution in [2.45, 2.75) is 39.1 Å². The lowest BCUT2D eigenvalue weighted by Crippen LogP contribution is -2.44. The molecule has 1 amide bonds. The number of ketones is 1. The number of benzene rings is 2. The van der Waals surface area contributed by atoms with E-state index in [1.54, 1.807) is 19.1 Å². The Labute approximate surface area is 154 Å². The molecule has 1 unspecified atom stereocenters. The molecular weight excluding hydrogens is 359 g/mol. The van der Waals surface area contributed by atoms with E-state index in [-0.39, 0.29) is 29.4 Å². The molecule has 0 spiro atoms. The highest BCUT2D eigenvalue weighted by Crippen LogP contribution is 2.35. The van der Waals surface area contributed by atoms with E-state index in [2.05, 4.69) is 4.74 Å². The van der Waals surface area contributed by atoms with Gasteiger partial charge in [-0.1, -0.05) is 19.1 Å². The molecule has 2 aromatic rings. The highest BCUT2D eigenvalue weighted by molar-refractivity contribution is 6.14. The predicted molar refractivity (Wildman–Crippen MR) is 94.2 cm³/mol. The van der Waals surface area contributed by atoms with Crippen molar-refractivity contribution in [2.75, 3.05) is 4.90 Å². The first-order valence-electron chi connectivity index (χ1n) is 8.55. The number of Topliss-reactive ketones (excluding diaryl/α,β-unsaturated/α-hetero) is 1. The Bertz CT molecular complexity index is 875. The van der Waals surface area contributed by atoms with Gasteiger partial charge in [0, 0.05) is 23.6 Å². The minimum absolute atomic E-state index is 0.0290. The van der Waals surface area contributed by atoms with Crippen molar-refractivity contribution < 1.29 is 27.5 Å². The summed E-state index contributed by atoms with van der Waals surface area (Å²) in [5.41, 5.74) is 1.88. The van der Waals surface area contributed by atoms with Crippen LogP contribution in [-0.2, 0) is 6.42 Å². The number of anilines is 1. The summed E-state index contributed by atoms with van der Waals surface area (Å²) in [5, 5.41) is 0. The van der Waals surface area contributed by atoms with Crippen molar-refractivity contribution >= 4 is 17.4 Å². The first kappa shape index (κ1) is 18.9. The number of halogens is 3. The highest BCUT2D eigenvalue weighted by Gasteiger charge is 2.35. The van der Waals surface area contributed by atoms with E-state index < -0.39 is 18.2 Å². The van der Waals surface area contributed by atoms with Crippen LogP contribution in [0.25, 0.3) is 0 Å². The van der Waals surface area contributed by atoms with Gasteiger partial charge in [-0.2, -0.15) is 0 Å². The summed E-state index contributed by atoms with van der Waals surface area (Å²) in [6.45, 7) is 3.74. The van der Waals surface area contributed by atoms with Gasteiger partial charge in [-0.15, -0.1) is 13.2 Å². The lowest BCUT2D eigenvalue weighted by atomic mass is 9.94. The molecule has 0 radical (unpaired) electrons. The smallest absolute Gasteiger partial charge is 0.406 e. The van der Waals surface area contributed by atoms with E-state index in [1.807, 2.05) is 19.1 Å². The van der Waals surface area contributed by atoms with E-state index >= 15 is 0 Å². The van der Waals surface area contributed by atoms with Gasteiger partial charge in [0.15, 0.2) is 5.78 Å². The van der Waals surface area contributed by atoms with E-state index in [1.165, 1.54) is 11.0 Å². The first-order valence-corrected chi connectivity index (χ1v) is 8.55. The Morgan fingerprint density at radius 2 is 1.85 bits per heavy atom. The number of amides is 1. The molecule has 0 bridgehead atoms. The molecule has 0 fully saturated rings. The van der Waals surface area contributed by atoms with Gasteiger partial charge < -0.3 is 9.64 Å². The van der Waals surface area contributed by atoms with Gasteiger partial charge in [0.2, 0.25) is 0 Å². The number of aryl methyl sites for hydroxylation is 1. The molecule has 3 rings (SSSR count). The number of carbonyl (C=O) groups excluding carboxylic acids is 2. The first-order chi connectivity index (χ1) is 12.7. The molecule has 1 atom stereocenters. The molecule has 0 aliphatic carbocycles. The number of nitrogens with zero attached hydrogens (tertiary/aromatic N) is 1. The molecule has 0 aromatic heterocycles. The standard InChI is InChI=1S/C20H18F3NO3/c1-3-13-4-6-14(7-5-13)19(26)24-12(2)10-18(25)16-11-15(8-9-17(16)24)27-20(21,22)23/h4-9,11-12H,3,10H2,1-2H3. The molecule has 0 saturated heterocycles. The Morgan fingerprint density at radius 1 is 1.19 bits per heavy atom. The minimum Gasteiger partial charge on any atom is -0.406 e. The number of hydrogen-bond acceptors (Lipinski definition) is 3. The zero-order chi connectivity index (χ0) is 19.8. The fraction of sp³-hybridized carbons (Fsp3) is 0.300.